The second kappa shape index (κ2) is 7.30. The first-order valence-electron chi connectivity index (χ1n) is 6.98. The molecule has 1 heterocycles. The molecule has 1 aromatic heterocycles. The summed E-state index contributed by atoms with van der Waals surface area (Å²) >= 11 is 0. The highest BCUT2D eigenvalue weighted by Crippen LogP contribution is 2.32. The van der Waals surface area contributed by atoms with Gasteiger partial charge in [-0.3, -0.25) is 10.1 Å². The van der Waals surface area contributed by atoms with Gasteiger partial charge in [-0.25, -0.2) is 15.1 Å². The van der Waals surface area contributed by atoms with Gasteiger partial charge in [-0.05, 0) is 19.9 Å². The van der Waals surface area contributed by atoms with E-state index < -0.39 is 23.7 Å². The SMILES string of the molecule is CCOC(=O)[C@](NC(=O)CC)(Nc1cccc(C)[nH+]1)C(F)(F)F. The number of carbonyl (C=O) groups excluding carboxylic acids is 2. The van der Waals surface area contributed by atoms with Crippen LogP contribution in [0.25, 0.3) is 0 Å². The van der Waals surface area contributed by atoms with Crippen molar-refractivity contribution in [1.29, 1.82) is 0 Å². The Kier molecular flexibility index (Phi) is 5.94. The summed E-state index contributed by atoms with van der Waals surface area (Å²) in [7, 11) is 0. The molecule has 1 aromatic rings. The summed E-state index contributed by atoms with van der Waals surface area (Å²) in [6.45, 7) is 4.12. The molecule has 0 saturated heterocycles. The van der Waals surface area contributed by atoms with Crippen molar-refractivity contribution < 1.29 is 32.5 Å². The molecule has 23 heavy (non-hydrogen) atoms. The van der Waals surface area contributed by atoms with Crippen molar-refractivity contribution >= 4 is 17.7 Å². The highest BCUT2D eigenvalue weighted by atomic mass is 19.4. The van der Waals surface area contributed by atoms with Gasteiger partial charge in [-0.2, -0.15) is 13.2 Å². The Morgan fingerprint density at radius 3 is 2.39 bits per heavy atom. The van der Waals surface area contributed by atoms with Gasteiger partial charge in [0.25, 0.3) is 5.82 Å². The van der Waals surface area contributed by atoms with E-state index in [4.69, 9.17) is 0 Å². The number of amides is 1. The van der Waals surface area contributed by atoms with E-state index >= 15 is 0 Å². The van der Waals surface area contributed by atoms with Crippen molar-refractivity contribution in [3.63, 3.8) is 0 Å². The number of ether oxygens (including phenoxy) is 1. The Morgan fingerprint density at radius 1 is 1.26 bits per heavy atom. The Labute approximate surface area is 131 Å². The molecule has 3 N–H and O–H groups in total. The maximum absolute atomic E-state index is 13.6. The zero-order valence-electron chi connectivity index (χ0n) is 13.0. The maximum atomic E-state index is 13.6. The van der Waals surface area contributed by atoms with Crippen LogP contribution in [-0.2, 0) is 14.3 Å². The second-order valence-electron chi connectivity index (χ2n) is 4.74. The van der Waals surface area contributed by atoms with Gasteiger partial charge >= 0.3 is 17.8 Å². The normalized spacial score (nSPS) is 13.8. The van der Waals surface area contributed by atoms with Crippen LogP contribution < -0.4 is 15.6 Å². The van der Waals surface area contributed by atoms with Crippen LogP contribution in [0, 0.1) is 6.92 Å². The fraction of sp³-hybridized carbons (Fsp3) is 0.500. The number of halogens is 3. The Balaban J connectivity index is 3.36. The molecular weight excluding hydrogens is 315 g/mol. The number of aromatic amines is 1. The largest absolute Gasteiger partial charge is 0.464 e. The number of nitrogens with one attached hydrogen (secondary N) is 3. The van der Waals surface area contributed by atoms with E-state index in [1.165, 1.54) is 26.0 Å². The van der Waals surface area contributed by atoms with E-state index in [1.54, 1.807) is 18.3 Å². The van der Waals surface area contributed by atoms with Gasteiger partial charge in [-0.15, -0.1) is 0 Å². The lowest BCUT2D eigenvalue weighted by Gasteiger charge is -2.30. The van der Waals surface area contributed by atoms with Crippen LogP contribution in [0.5, 0.6) is 0 Å². The number of hydrogen-bond donors (Lipinski definition) is 2. The summed E-state index contributed by atoms with van der Waals surface area (Å²) in [5, 5.41) is 3.74. The topological polar surface area (TPSA) is 81.6 Å². The first-order valence-corrected chi connectivity index (χ1v) is 6.98. The van der Waals surface area contributed by atoms with Crippen molar-refractivity contribution in [2.24, 2.45) is 0 Å². The standard InChI is InChI=1S/C14H18F3N3O3/c1-4-11(21)20-13(14(15,16)17,12(22)23-5-2)19-10-8-6-7-9(3)18-10/h6-8H,4-5H2,1-3H3,(H,18,19)(H,20,21)/p+1/t13-/m1/s1. The molecule has 0 aliphatic heterocycles. The average molecular weight is 334 g/mol. The summed E-state index contributed by atoms with van der Waals surface area (Å²) in [5.74, 6) is -2.67. The summed E-state index contributed by atoms with van der Waals surface area (Å²) in [4.78, 5) is 26.2. The van der Waals surface area contributed by atoms with Crippen molar-refractivity contribution in [1.82, 2.24) is 5.32 Å². The van der Waals surface area contributed by atoms with Gasteiger partial charge in [0.05, 0.1) is 12.3 Å². The van der Waals surface area contributed by atoms with Gasteiger partial charge < -0.3 is 4.74 Å². The number of rotatable bonds is 6. The van der Waals surface area contributed by atoms with Gasteiger partial charge in [0.15, 0.2) is 0 Å². The predicted octanol–water partition coefficient (Wildman–Crippen LogP) is 1.57. The van der Waals surface area contributed by atoms with Crippen LogP contribution in [0.3, 0.4) is 0 Å². The van der Waals surface area contributed by atoms with E-state index in [0.717, 1.165) is 0 Å². The number of aromatic nitrogens is 1. The summed E-state index contributed by atoms with van der Waals surface area (Å²) in [6.07, 6.45) is -5.35. The minimum atomic E-state index is -5.12. The van der Waals surface area contributed by atoms with Crippen LogP contribution in [0.2, 0.25) is 0 Å². The number of alkyl halides is 3. The smallest absolute Gasteiger partial charge is 0.461 e. The summed E-state index contributed by atoms with van der Waals surface area (Å²) < 4.78 is 45.5. The molecule has 1 atom stereocenters. The van der Waals surface area contributed by atoms with Crippen LogP contribution in [0.4, 0.5) is 19.0 Å². The molecule has 0 aliphatic carbocycles. The zero-order valence-corrected chi connectivity index (χ0v) is 13.0. The second-order valence-corrected chi connectivity index (χ2v) is 4.74. The van der Waals surface area contributed by atoms with Crippen LogP contribution in [-0.4, -0.2) is 30.3 Å². The molecule has 0 unspecified atom stereocenters. The molecule has 0 spiro atoms. The number of anilines is 1. The minimum absolute atomic E-state index is 0.0909. The molecule has 6 nitrogen and oxygen atoms in total. The van der Waals surface area contributed by atoms with Gasteiger partial charge in [-0.1, -0.05) is 13.0 Å². The molecule has 128 valence electrons. The highest BCUT2D eigenvalue weighted by molar-refractivity contribution is 5.90. The molecule has 0 aliphatic rings. The van der Waals surface area contributed by atoms with Crippen molar-refractivity contribution in [2.75, 3.05) is 11.9 Å². The van der Waals surface area contributed by atoms with E-state index in [2.05, 4.69) is 9.72 Å². The highest BCUT2D eigenvalue weighted by Gasteiger charge is 2.67. The van der Waals surface area contributed by atoms with Crippen molar-refractivity contribution in [3.05, 3.63) is 23.9 Å². The molecule has 0 radical (unpaired) electrons. The van der Waals surface area contributed by atoms with Crippen LogP contribution >= 0.6 is 0 Å². The van der Waals surface area contributed by atoms with Crippen LogP contribution in [0.15, 0.2) is 18.2 Å². The number of aryl methyl sites for hydroxylation is 1. The maximum Gasteiger partial charge on any atom is 0.464 e. The lowest BCUT2D eigenvalue weighted by atomic mass is 10.1. The zero-order chi connectivity index (χ0) is 17.7. The molecule has 1 amide bonds. The van der Waals surface area contributed by atoms with E-state index in [0.29, 0.717) is 5.69 Å². The fourth-order valence-corrected chi connectivity index (χ4v) is 1.79. The fourth-order valence-electron chi connectivity index (χ4n) is 1.79. The first kappa shape index (κ1) is 18.7. The molecule has 1 rings (SSSR count). The van der Waals surface area contributed by atoms with Gasteiger partial charge in [0.2, 0.25) is 5.91 Å². The number of pyridine rings is 1. The molecule has 9 heteroatoms. The number of hydrogen-bond acceptors (Lipinski definition) is 4. The third kappa shape index (κ3) is 4.33. The summed E-state index contributed by atoms with van der Waals surface area (Å²) in [5.41, 5.74) is -2.81. The number of H-pyrrole nitrogens is 1. The Bertz CT molecular complexity index is 578. The minimum Gasteiger partial charge on any atom is -0.461 e. The van der Waals surface area contributed by atoms with Crippen molar-refractivity contribution in [3.8, 4) is 0 Å². The predicted molar refractivity (Wildman–Crippen MR) is 75.2 cm³/mol. The van der Waals surface area contributed by atoms with E-state index in [1.807, 2.05) is 5.32 Å². The first-order chi connectivity index (χ1) is 10.7. The number of esters is 1. The lowest BCUT2D eigenvalue weighted by molar-refractivity contribution is -0.372. The molecule has 0 bridgehead atoms. The van der Waals surface area contributed by atoms with E-state index in [-0.39, 0.29) is 18.8 Å². The third-order valence-electron chi connectivity index (χ3n) is 2.92. The molecule has 0 fully saturated rings. The van der Waals surface area contributed by atoms with Crippen LogP contribution in [0.1, 0.15) is 26.0 Å². The molecular formula is C14H19F3N3O3+. The van der Waals surface area contributed by atoms with Gasteiger partial charge in [0, 0.05) is 12.5 Å². The monoisotopic (exact) mass is 334 g/mol. The average Bonchev–Trinajstić information content (AvgIpc) is 2.45. The Morgan fingerprint density at radius 2 is 1.91 bits per heavy atom. The van der Waals surface area contributed by atoms with E-state index in [9.17, 15) is 22.8 Å². The Hall–Kier alpha value is -2.32. The third-order valence-corrected chi connectivity index (χ3v) is 2.92. The molecule has 0 aromatic carbocycles. The molecule has 0 saturated carbocycles. The van der Waals surface area contributed by atoms with Gasteiger partial charge in [0.1, 0.15) is 0 Å². The summed E-state index contributed by atoms with van der Waals surface area (Å²) in [6, 6.07) is 4.45. The number of carbonyl (C=O) groups is 2. The quantitative estimate of drug-likeness (QED) is 0.611. The van der Waals surface area contributed by atoms with Crippen molar-refractivity contribution in [2.45, 2.75) is 39.0 Å². The lowest BCUT2D eigenvalue weighted by Crippen LogP contribution is -2.69.